The van der Waals surface area contributed by atoms with Crippen molar-refractivity contribution in [3.8, 4) is 0 Å². The Labute approximate surface area is 228 Å². The first-order valence-electron chi connectivity index (χ1n) is 13.0. The Bertz CT molecular complexity index is 1490. The van der Waals surface area contributed by atoms with Crippen LogP contribution in [0.25, 0.3) is 27.8 Å². The highest BCUT2D eigenvalue weighted by Gasteiger charge is 2.16. The molecule has 7 nitrogen and oxygen atoms in total. The van der Waals surface area contributed by atoms with E-state index < -0.39 is 5.97 Å². The van der Waals surface area contributed by atoms with Gasteiger partial charge in [-0.2, -0.15) is 5.10 Å². The number of nitrogens with zero attached hydrogens (tertiary/aromatic N) is 4. The molecule has 5 rings (SSSR count). The maximum absolute atomic E-state index is 15.4. The van der Waals surface area contributed by atoms with Crippen molar-refractivity contribution in [2.24, 2.45) is 13.0 Å². The molecule has 39 heavy (non-hydrogen) atoms. The predicted octanol–water partition coefficient (Wildman–Crippen LogP) is 5.22. The van der Waals surface area contributed by atoms with Gasteiger partial charge < -0.3 is 19.3 Å². The quantitative estimate of drug-likeness (QED) is 0.194. The number of aryl methyl sites for hydroxylation is 1. The zero-order valence-corrected chi connectivity index (χ0v) is 22.9. The molecule has 0 radical (unpaired) electrons. The number of likely N-dealkylation sites (tertiary alicyclic amines) is 1. The van der Waals surface area contributed by atoms with Crippen LogP contribution in [0.15, 0.2) is 60.8 Å². The van der Waals surface area contributed by atoms with E-state index in [4.69, 9.17) is 0 Å². The van der Waals surface area contributed by atoms with Gasteiger partial charge in [-0.15, -0.1) is 0 Å². The highest BCUT2D eigenvalue weighted by Crippen LogP contribution is 2.30. The standard InChI is InChI=1S/C24H22FN3O2.C7H13NO/c1-27(20-9-4-6-16(12-20)10-11-21(29)30-3)15-18-8-5-7-17-13-19-14-26-28(2)24(19)23(25)22(17)18;1-8-4-2-7(6-9)3-5-8/h4-14H,15H2,1-3H3;6-7H,2-5H2,1H3/b11-10+;. The van der Waals surface area contributed by atoms with E-state index in [2.05, 4.69) is 26.7 Å². The van der Waals surface area contributed by atoms with Crippen LogP contribution in [0.4, 0.5) is 10.1 Å². The number of esters is 1. The molecule has 1 aromatic heterocycles. The van der Waals surface area contributed by atoms with Crippen LogP contribution in [-0.2, 0) is 27.9 Å². The lowest BCUT2D eigenvalue weighted by molar-refractivity contribution is -0.134. The Morgan fingerprint density at radius 3 is 2.59 bits per heavy atom. The Balaban J connectivity index is 0.000000333. The molecule has 0 spiro atoms. The number of benzene rings is 3. The van der Waals surface area contributed by atoms with Crippen LogP contribution in [0.3, 0.4) is 0 Å². The van der Waals surface area contributed by atoms with E-state index in [1.54, 1.807) is 24.0 Å². The number of fused-ring (bicyclic) bond motifs is 2. The number of hydrogen-bond donors (Lipinski definition) is 0. The fourth-order valence-corrected chi connectivity index (χ4v) is 4.86. The second-order valence-corrected chi connectivity index (χ2v) is 10.00. The van der Waals surface area contributed by atoms with E-state index in [1.807, 2.05) is 55.6 Å². The van der Waals surface area contributed by atoms with Gasteiger partial charge in [0.1, 0.15) is 11.8 Å². The number of piperidine rings is 1. The monoisotopic (exact) mass is 530 g/mol. The SMILES string of the molecule is CN1CCC(C=O)CC1.COC(=O)/C=C/c1cccc(N(C)Cc2cccc3cc4cnn(C)c4c(F)c23)c1. The fourth-order valence-electron chi connectivity index (χ4n) is 4.86. The zero-order valence-electron chi connectivity index (χ0n) is 22.9. The molecule has 204 valence electrons. The molecule has 8 heteroatoms. The highest BCUT2D eigenvalue weighted by atomic mass is 19.1. The molecule has 1 aliphatic rings. The summed E-state index contributed by atoms with van der Waals surface area (Å²) >= 11 is 0. The van der Waals surface area contributed by atoms with Crippen LogP contribution in [0.5, 0.6) is 0 Å². The van der Waals surface area contributed by atoms with E-state index in [1.165, 1.54) is 13.2 Å². The third kappa shape index (κ3) is 6.70. The second-order valence-electron chi connectivity index (χ2n) is 10.00. The first-order valence-corrected chi connectivity index (χ1v) is 13.0. The number of carbonyl (C=O) groups is 2. The summed E-state index contributed by atoms with van der Waals surface area (Å²) in [7, 11) is 7.16. The number of aromatic nitrogens is 2. The molecule has 3 aromatic carbocycles. The normalized spacial score (nSPS) is 14.4. The van der Waals surface area contributed by atoms with Crippen molar-refractivity contribution in [3.63, 3.8) is 0 Å². The summed E-state index contributed by atoms with van der Waals surface area (Å²) in [4.78, 5) is 25.9. The first-order chi connectivity index (χ1) is 18.8. The second kappa shape index (κ2) is 12.7. The van der Waals surface area contributed by atoms with Crippen molar-refractivity contribution >= 4 is 45.7 Å². The van der Waals surface area contributed by atoms with Crippen molar-refractivity contribution in [1.29, 1.82) is 0 Å². The third-order valence-corrected chi connectivity index (χ3v) is 7.18. The highest BCUT2D eigenvalue weighted by molar-refractivity contribution is 5.99. The van der Waals surface area contributed by atoms with Crippen LogP contribution in [0.1, 0.15) is 24.0 Å². The van der Waals surface area contributed by atoms with E-state index in [-0.39, 0.29) is 5.82 Å². The molecule has 0 N–H and O–H groups in total. The van der Waals surface area contributed by atoms with Crippen LogP contribution in [0.2, 0.25) is 0 Å². The Morgan fingerprint density at radius 2 is 1.87 bits per heavy atom. The van der Waals surface area contributed by atoms with Crippen LogP contribution in [-0.4, -0.2) is 61.2 Å². The predicted molar refractivity (Wildman–Crippen MR) is 154 cm³/mol. The number of ether oxygens (including phenoxy) is 1. The lowest BCUT2D eigenvalue weighted by Crippen LogP contribution is -2.30. The lowest BCUT2D eigenvalue weighted by Gasteiger charge is -2.25. The van der Waals surface area contributed by atoms with Crippen molar-refractivity contribution in [3.05, 3.63) is 77.7 Å². The van der Waals surface area contributed by atoms with Gasteiger partial charge in [0.2, 0.25) is 0 Å². The first kappa shape index (κ1) is 28.0. The molecular formula is C31H35FN4O3. The molecule has 0 amide bonds. The minimum absolute atomic E-state index is 0.249. The molecule has 2 heterocycles. The van der Waals surface area contributed by atoms with E-state index in [9.17, 15) is 9.59 Å². The minimum Gasteiger partial charge on any atom is -0.466 e. The molecule has 1 fully saturated rings. The number of halogens is 1. The molecule has 0 saturated carbocycles. The van der Waals surface area contributed by atoms with Crippen LogP contribution >= 0.6 is 0 Å². The minimum atomic E-state index is -0.401. The summed E-state index contributed by atoms with van der Waals surface area (Å²) < 4.78 is 21.6. The molecular weight excluding hydrogens is 495 g/mol. The number of hydrogen-bond acceptors (Lipinski definition) is 6. The molecule has 0 aliphatic carbocycles. The topological polar surface area (TPSA) is 67.7 Å². The average Bonchev–Trinajstić information content (AvgIpc) is 3.33. The van der Waals surface area contributed by atoms with E-state index >= 15 is 4.39 Å². The third-order valence-electron chi connectivity index (χ3n) is 7.18. The van der Waals surface area contributed by atoms with Gasteiger partial charge in [0.15, 0.2) is 5.82 Å². The van der Waals surface area contributed by atoms with Gasteiger partial charge in [-0.25, -0.2) is 9.18 Å². The Morgan fingerprint density at radius 1 is 1.13 bits per heavy atom. The summed E-state index contributed by atoms with van der Waals surface area (Å²) in [5, 5.41) is 6.45. The molecule has 0 atom stereocenters. The maximum Gasteiger partial charge on any atom is 0.330 e. The average molecular weight is 531 g/mol. The van der Waals surface area contributed by atoms with Gasteiger partial charge in [-0.1, -0.05) is 30.3 Å². The zero-order chi connectivity index (χ0) is 27.9. The lowest BCUT2D eigenvalue weighted by atomic mass is 9.99. The molecule has 1 saturated heterocycles. The Hall–Kier alpha value is -4.04. The van der Waals surface area contributed by atoms with Gasteiger partial charge in [0.05, 0.1) is 13.3 Å². The number of carbonyl (C=O) groups excluding carboxylic acids is 2. The smallest absolute Gasteiger partial charge is 0.330 e. The van der Waals surface area contributed by atoms with Gasteiger partial charge in [0, 0.05) is 49.1 Å². The van der Waals surface area contributed by atoms with Gasteiger partial charge in [0.25, 0.3) is 0 Å². The summed E-state index contributed by atoms with van der Waals surface area (Å²) in [6.45, 7) is 2.70. The number of rotatable bonds is 6. The van der Waals surface area contributed by atoms with Crippen molar-refractivity contribution < 1.29 is 18.7 Å². The molecule has 0 unspecified atom stereocenters. The number of methoxy groups -OCH3 is 1. The van der Waals surface area contributed by atoms with Crippen LogP contribution in [0, 0.1) is 11.7 Å². The summed E-state index contributed by atoms with van der Waals surface area (Å²) in [5.74, 6) is -0.302. The summed E-state index contributed by atoms with van der Waals surface area (Å²) in [5.41, 5.74) is 3.24. The molecule has 4 aromatic rings. The largest absolute Gasteiger partial charge is 0.466 e. The summed E-state index contributed by atoms with van der Waals surface area (Å²) in [6.07, 6.45) is 7.98. The van der Waals surface area contributed by atoms with E-state index in [0.29, 0.717) is 23.4 Å². The van der Waals surface area contributed by atoms with Crippen molar-refractivity contribution in [2.45, 2.75) is 19.4 Å². The van der Waals surface area contributed by atoms with Crippen molar-refractivity contribution in [2.75, 3.05) is 39.2 Å². The summed E-state index contributed by atoms with van der Waals surface area (Å²) in [6, 6.07) is 15.6. The molecule has 1 aliphatic heterocycles. The number of aldehydes is 1. The van der Waals surface area contributed by atoms with Gasteiger partial charge in [-0.3, -0.25) is 4.68 Å². The fraction of sp³-hybridized carbons (Fsp3) is 0.323. The van der Waals surface area contributed by atoms with Gasteiger partial charge >= 0.3 is 5.97 Å². The van der Waals surface area contributed by atoms with Crippen LogP contribution < -0.4 is 4.90 Å². The maximum atomic E-state index is 15.4. The Kier molecular flexibility index (Phi) is 9.09. The van der Waals surface area contributed by atoms with Gasteiger partial charge in [-0.05, 0) is 73.8 Å². The molecule has 0 bridgehead atoms. The number of anilines is 1. The van der Waals surface area contributed by atoms with Crippen molar-refractivity contribution in [1.82, 2.24) is 14.7 Å². The van der Waals surface area contributed by atoms with E-state index in [0.717, 1.165) is 59.8 Å².